The van der Waals surface area contributed by atoms with Crippen molar-refractivity contribution in [2.75, 3.05) is 0 Å². The summed E-state index contributed by atoms with van der Waals surface area (Å²) in [7, 11) is 0. The number of thioether (sulfide) groups is 1. The molecule has 3 unspecified atom stereocenters. The second-order valence-corrected chi connectivity index (χ2v) is 11.6. The third kappa shape index (κ3) is 5.43. The van der Waals surface area contributed by atoms with Crippen LogP contribution in [0.3, 0.4) is 0 Å². The Morgan fingerprint density at radius 2 is 1.78 bits per heavy atom. The Hall–Kier alpha value is -2.77. The molecule has 3 aromatic carbocycles. The summed E-state index contributed by atoms with van der Waals surface area (Å²) in [5.41, 5.74) is 1.65. The van der Waals surface area contributed by atoms with E-state index in [2.05, 4.69) is 5.32 Å². The molecule has 37 heavy (non-hydrogen) atoms. The molecule has 1 N–H and O–H groups in total. The number of carbonyl (C=O) groups excluding carboxylic acids is 2. The van der Waals surface area contributed by atoms with Crippen LogP contribution in [0.1, 0.15) is 36.1 Å². The molecule has 1 aliphatic rings. The van der Waals surface area contributed by atoms with Crippen LogP contribution in [0.25, 0.3) is 0 Å². The molecule has 1 aliphatic heterocycles. The normalized spacial score (nSPS) is 20.4. The maximum Gasteiger partial charge on any atom is 0.242 e. The SMILES string of the molecule is CC(Oc1cccc(C2(c3ccsc3)CC(=O)C(Sc3ccccc3Cl)C(=O)N2)c1)c1ccc(Cl)cc1. The quantitative estimate of drug-likeness (QED) is 0.232. The van der Waals surface area contributed by atoms with Gasteiger partial charge >= 0.3 is 0 Å². The number of ketones is 1. The Morgan fingerprint density at radius 3 is 2.49 bits per heavy atom. The molecule has 5 rings (SSSR count). The molecule has 2 heterocycles. The van der Waals surface area contributed by atoms with Crippen LogP contribution in [-0.2, 0) is 15.1 Å². The summed E-state index contributed by atoms with van der Waals surface area (Å²) >= 11 is 15.0. The summed E-state index contributed by atoms with van der Waals surface area (Å²) in [6.07, 6.45) is -0.100. The van der Waals surface area contributed by atoms with Gasteiger partial charge in [0.05, 0.1) is 10.6 Å². The van der Waals surface area contributed by atoms with E-state index in [1.165, 1.54) is 23.1 Å². The molecular formula is C29H23Cl2NO3S2. The van der Waals surface area contributed by atoms with Gasteiger partial charge in [0.15, 0.2) is 5.78 Å². The number of halogens is 2. The zero-order chi connectivity index (χ0) is 26.0. The lowest BCUT2D eigenvalue weighted by atomic mass is 9.77. The predicted octanol–water partition coefficient (Wildman–Crippen LogP) is 7.69. The highest BCUT2D eigenvalue weighted by Crippen LogP contribution is 2.42. The van der Waals surface area contributed by atoms with Gasteiger partial charge in [0, 0.05) is 16.3 Å². The van der Waals surface area contributed by atoms with Gasteiger partial charge in [-0.15, -0.1) is 11.8 Å². The Balaban J connectivity index is 1.45. The number of Topliss-reactive ketones (excluding diaryl/α,β-unsaturated/α-hetero) is 1. The summed E-state index contributed by atoms with van der Waals surface area (Å²) in [6.45, 7) is 1.97. The van der Waals surface area contributed by atoms with Crippen LogP contribution in [-0.4, -0.2) is 16.9 Å². The van der Waals surface area contributed by atoms with Crippen molar-refractivity contribution >= 4 is 58.0 Å². The first-order valence-corrected chi connectivity index (χ1v) is 14.2. The summed E-state index contributed by atoms with van der Waals surface area (Å²) in [4.78, 5) is 27.7. The minimum Gasteiger partial charge on any atom is -0.486 e. The first-order chi connectivity index (χ1) is 17.9. The molecule has 0 spiro atoms. The van der Waals surface area contributed by atoms with Crippen LogP contribution < -0.4 is 10.1 Å². The second-order valence-electron chi connectivity index (χ2n) is 8.82. The van der Waals surface area contributed by atoms with Crippen LogP contribution in [0.4, 0.5) is 0 Å². The molecule has 0 aliphatic carbocycles. The average Bonchev–Trinajstić information content (AvgIpc) is 3.43. The van der Waals surface area contributed by atoms with E-state index in [9.17, 15) is 9.59 Å². The van der Waals surface area contributed by atoms with Crippen molar-refractivity contribution in [3.05, 3.63) is 116 Å². The summed E-state index contributed by atoms with van der Waals surface area (Å²) in [6, 6.07) is 24.3. The number of hydrogen-bond donors (Lipinski definition) is 1. The minimum atomic E-state index is -0.991. The fraction of sp³-hybridized carbons (Fsp3) is 0.172. The number of ether oxygens (including phenoxy) is 1. The number of amides is 1. The Bertz CT molecular complexity index is 1410. The van der Waals surface area contributed by atoms with Gasteiger partial charge in [-0.1, -0.05) is 59.6 Å². The number of rotatable bonds is 7. The number of piperidine rings is 1. The van der Waals surface area contributed by atoms with Crippen LogP contribution in [0, 0.1) is 0 Å². The number of hydrogen-bond acceptors (Lipinski definition) is 5. The Morgan fingerprint density at radius 1 is 1.00 bits per heavy atom. The molecule has 1 fully saturated rings. The topological polar surface area (TPSA) is 55.4 Å². The first kappa shape index (κ1) is 25.9. The maximum atomic E-state index is 13.5. The second kappa shape index (κ2) is 10.9. The van der Waals surface area contributed by atoms with E-state index in [0.717, 1.165) is 16.7 Å². The fourth-order valence-corrected chi connectivity index (χ4v) is 6.57. The van der Waals surface area contributed by atoms with Crippen LogP contribution >= 0.6 is 46.3 Å². The molecule has 0 radical (unpaired) electrons. The zero-order valence-electron chi connectivity index (χ0n) is 19.8. The smallest absolute Gasteiger partial charge is 0.242 e. The van der Waals surface area contributed by atoms with Gasteiger partial charge in [0.25, 0.3) is 0 Å². The fourth-order valence-electron chi connectivity index (χ4n) is 4.47. The highest BCUT2D eigenvalue weighted by molar-refractivity contribution is 8.01. The van der Waals surface area contributed by atoms with Gasteiger partial charge in [0.2, 0.25) is 5.91 Å². The van der Waals surface area contributed by atoms with Gasteiger partial charge in [-0.25, -0.2) is 0 Å². The van der Waals surface area contributed by atoms with Crippen molar-refractivity contribution in [3.8, 4) is 5.75 Å². The van der Waals surface area contributed by atoms with E-state index >= 15 is 0 Å². The molecule has 0 saturated carbocycles. The predicted molar refractivity (Wildman–Crippen MR) is 151 cm³/mol. The van der Waals surface area contributed by atoms with E-state index < -0.39 is 10.8 Å². The number of thiophene rings is 1. The maximum absolute atomic E-state index is 13.5. The lowest BCUT2D eigenvalue weighted by Gasteiger charge is -2.40. The average molecular weight is 569 g/mol. The van der Waals surface area contributed by atoms with Gasteiger partial charge in [-0.3, -0.25) is 9.59 Å². The molecule has 1 saturated heterocycles. The van der Waals surface area contributed by atoms with Crippen molar-refractivity contribution in [1.29, 1.82) is 0 Å². The molecule has 188 valence electrons. The standard InChI is InChI=1S/C29H23Cl2NO3S2/c1-18(19-9-11-22(30)12-10-19)35-23-6-4-5-20(15-23)29(21-13-14-36-17-21)16-25(33)27(28(34)32-29)37-26-8-3-2-7-24(26)31/h2-15,17-18,27H,16H2,1H3,(H,32,34). The van der Waals surface area contributed by atoms with Crippen molar-refractivity contribution in [2.24, 2.45) is 0 Å². The first-order valence-electron chi connectivity index (χ1n) is 11.7. The van der Waals surface area contributed by atoms with Crippen LogP contribution in [0.5, 0.6) is 5.75 Å². The highest BCUT2D eigenvalue weighted by Gasteiger charge is 2.47. The molecule has 1 amide bonds. The number of carbonyl (C=O) groups is 2. The molecule has 8 heteroatoms. The number of nitrogens with one attached hydrogen (secondary N) is 1. The van der Waals surface area contributed by atoms with Crippen molar-refractivity contribution in [1.82, 2.24) is 5.32 Å². The summed E-state index contributed by atoms with van der Waals surface area (Å²) in [5, 5.41) is 7.42. The van der Waals surface area contributed by atoms with E-state index in [-0.39, 0.29) is 24.2 Å². The van der Waals surface area contributed by atoms with Crippen molar-refractivity contribution in [3.63, 3.8) is 0 Å². The van der Waals surface area contributed by atoms with E-state index in [0.29, 0.717) is 20.7 Å². The van der Waals surface area contributed by atoms with Crippen molar-refractivity contribution < 1.29 is 14.3 Å². The summed E-state index contributed by atoms with van der Waals surface area (Å²) < 4.78 is 6.24. The summed E-state index contributed by atoms with van der Waals surface area (Å²) in [5.74, 6) is 0.151. The van der Waals surface area contributed by atoms with Gasteiger partial charge in [-0.05, 0) is 76.8 Å². The van der Waals surface area contributed by atoms with Crippen LogP contribution in [0.15, 0.2) is 94.5 Å². The Kier molecular flexibility index (Phi) is 7.63. The molecule has 3 atom stereocenters. The molecule has 4 nitrogen and oxygen atoms in total. The lowest BCUT2D eigenvalue weighted by molar-refractivity contribution is -0.132. The third-order valence-corrected chi connectivity index (χ3v) is 9.08. The van der Waals surface area contributed by atoms with Gasteiger partial charge in [-0.2, -0.15) is 11.3 Å². The Labute approximate surface area is 234 Å². The largest absolute Gasteiger partial charge is 0.486 e. The van der Waals surface area contributed by atoms with E-state index in [4.69, 9.17) is 27.9 Å². The molecule has 1 aromatic heterocycles. The lowest BCUT2D eigenvalue weighted by Crippen LogP contribution is -2.57. The van der Waals surface area contributed by atoms with Crippen LogP contribution in [0.2, 0.25) is 10.0 Å². The highest BCUT2D eigenvalue weighted by atomic mass is 35.5. The molecular weight excluding hydrogens is 545 g/mol. The number of benzene rings is 3. The third-order valence-electron chi connectivity index (χ3n) is 6.38. The van der Waals surface area contributed by atoms with E-state index in [1.807, 2.05) is 90.5 Å². The van der Waals surface area contributed by atoms with Gasteiger partial charge < -0.3 is 10.1 Å². The minimum absolute atomic E-state index is 0.119. The van der Waals surface area contributed by atoms with Crippen molar-refractivity contribution in [2.45, 2.75) is 35.1 Å². The van der Waals surface area contributed by atoms with E-state index in [1.54, 1.807) is 6.07 Å². The zero-order valence-corrected chi connectivity index (χ0v) is 23.0. The monoisotopic (exact) mass is 567 g/mol. The molecule has 0 bridgehead atoms. The molecule has 4 aromatic rings. The van der Waals surface area contributed by atoms with Gasteiger partial charge in [0.1, 0.15) is 17.1 Å².